The van der Waals surface area contributed by atoms with Crippen LogP contribution in [0.5, 0.6) is 5.88 Å². The second-order valence-electron chi connectivity index (χ2n) is 9.55. The zero-order valence-electron chi connectivity index (χ0n) is 20.7. The number of hydrogen-bond donors (Lipinski definition) is 2. The van der Waals surface area contributed by atoms with Crippen LogP contribution in [-0.4, -0.2) is 63.6 Å². The molecule has 2 N–H and O–H groups in total. The van der Waals surface area contributed by atoms with Crippen LogP contribution in [0.25, 0.3) is 10.9 Å². The summed E-state index contributed by atoms with van der Waals surface area (Å²) in [6, 6.07) is 15.7. The number of likely N-dealkylation sites (tertiary alicyclic amines) is 1. The molecule has 1 unspecified atom stereocenters. The number of aliphatic carboxylic acids is 1. The van der Waals surface area contributed by atoms with Gasteiger partial charge in [-0.25, -0.2) is 22.9 Å². The summed E-state index contributed by atoms with van der Waals surface area (Å²) >= 11 is 0. The third-order valence-electron chi connectivity index (χ3n) is 6.22. The van der Waals surface area contributed by atoms with Crippen LogP contribution in [0.4, 0.5) is 18.9 Å². The molecule has 200 valence electrons. The number of carbonyl (C=O) groups is 3. The number of carboxylic acids is 1. The maximum Gasteiger partial charge on any atom is 0.340 e. The minimum atomic E-state index is -3.10. The number of carboxylic acid groups (broad SMARTS) is 1. The van der Waals surface area contributed by atoms with Gasteiger partial charge in [-0.05, 0) is 43.7 Å². The lowest BCUT2D eigenvalue weighted by molar-refractivity contribution is -0.148. The van der Waals surface area contributed by atoms with E-state index in [1.54, 1.807) is 36.4 Å². The number of benzene rings is 2. The monoisotopic (exact) mass is 529 g/mol. The van der Waals surface area contributed by atoms with Crippen molar-refractivity contribution in [3.05, 3.63) is 65.7 Å². The van der Waals surface area contributed by atoms with Gasteiger partial charge in [0, 0.05) is 35.7 Å². The number of rotatable bonds is 4. The lowest BCUT2D eigenvalue weighted by atomic mass is 9.99. The number of nitrogens with one attached hydrogen (secondary N) is 1. The van der Waals surface area contributed by atoms with E-state index in [1.165, 1.54) is 4.90 Å². The van der Waals surface area contributed by atoms with Crippen molar-refractivity contribution in [3.8, 4) is 5.88 Å². The quantitative estimate of drug-likeness (QED) is 0.516. The molecule has 2 amide bonds. The first kappa shape index (κ1) is 26.9. The molecule has 2 aliphatic heterocycles. The number of hydrogen-bond acceptors (Lipinski definition) is 5. The normalized spacial score (nSPS) is 18.2. The van der Waals surface area contributed by atoms with Gasteiger partial charge in [-0.2, -0.15) is 0 Å². The summed E-state index contributed by atoms with van der Waals surface area (Å²) in [4.78, 5) is 40.2. The van der Waals surface area contributed by atoms with E-state index in [-0.39, 0.29) is 37.2 Å². The molecule has 11 heteroatoms. The first-order valence-electron chi connectivity index (χ1n) is 11.9. The molecule has 1 aromatic heterocycles. The Balaban J connectivity index is 0.000000426. The lowest BCUT2D eigenvalue weighted by Gasteiger charge is -2.38. The standard InChI is InChI=1S/C23H19F2N3O3.C4H7FO2/c24-23(25)10-11-28(22(30)15-5-3-7-18-16(15)12-20(29)26-18)13-19(23)31-21-9-8-14-4-1-2-6-17(14)27-21;1-4(2,5)3(6)7/h1-9,19H,10-13H2,(H,26,29);1-2H3,(H,6,7). The van der Waals surface area contributed by atoms with Gasteiger partial charge in [0.1, 0.15) is 0 Å². The molecule has 1 atom stereocenters. The van der Waals surface area contributed by atoms with E-state index in [0.29, 0.717) is 22.3 Å². The average molecular weight is 530 g/mol. The molecule has 8 nitrogen and oxygen atoms in total. The average Bonchev–Trinajstić information content (AvgIpc) is 3.25. The Kier molecular flexibility index (Phi) is 7.30. The number of piperidine rings is 1. The van der Waals surface area contributed by atoms with E-state index < -0.39 is 30.1 Å². The molecule has 2 aliphatic rings. The molecule has 1 saturated heterocycles. The van der Waals surface area contributed by atoms with Crippen LogP contribution >= 0.6 is 0 Å². The molecule has 3 heterocycles. The highest BCUT2D eigenvalue weighted by molar-refractivity contribution is 6.05. The number of aromatic nitrogens is 1. The number of pyridine rings is 1. The molecule has 0 radical (unpaired) electrons. The number of anilines is 1. The fraction of sp³-hybridized carbons (Fsp3) is 0.333. The van der Waals surface area contributed by atoms with Gasteiger partial charge in [-0.15, -0.1) is 0 Å². The van der Waals surface area contributed by atoms with E-state index >= 15 is 0 Å². The van der Waals surface area contributed by atoms with Gasteiger partial charge in [-0.3, -0.25) is 9.59 Å². The number of amides is 2. The Morgan fingerprint density at radius 2 is 1.84 bits per heavy atom. The Hall–Kier alpha value is -4.15. The van der Waals surface area contributed by atoms with Crippen LogP contribution in [0.1, 0.15) is 36.2 Å². The SMILES string of the molecule is CC(C)(F)C(=O)O.O=C1Cc2c(cccc2C(=O)N2CCC(F)(F)C(Oc3ccc4ccccc4n3)C2)N1. The van der Waals surface area contributed by atoms with Crippen molar-refractivity contribution in [2.45, 2.75) is 44.4 Å². The fourth-order valence-corrected chi connectivity index (χ4v) is 4.06. The minimum absolute atomic E-state index is 0.0908. The highest BCUT2D eigenvalue weighted by atomic mass is 19.3. The second-order valence-corrected chi connectivity index (χ2v) is 9.55. The van der Waals surface area contributed by atoms with Gasteiger partial charge in [0.15, 0.2) is 6.10 Å². The van der Waals surface area contributed by atoms with Crippen molar-refractivity contribution in [1.29, 1.82) is 0 Å². The third kappa shape index (κ3) is 5.87. The van der Waals surface area contributed by atoms with Gasteiger partial charge >= 0.3 is 5.97 Å². The summed E-state index contributed by atoms with van der Waals surface area (Å²) in [6.07, 6.45) is -1.93. The van der Waals surface area contributed by atoms with Crippen molar-refractivity contribution < 1.29 is 37.4 Å². The molecule has 5 rings (SSSR count). The smallest absolute Gasteiger partial charge is 0.340 e. The summed E-state index contributed by atoms with van der Waals surface area (Å²) in [7, 11) is 0. The summed E-state index contributed by atoms with van der Waals surface area (Å²) in [5.41, 5.74) is 0.0996. The number of alkyl halides is 3. The largest absolute Gasteiger partial charge is 0.479 e. The maximum absolute atomic E-state index is 14.6. The third-order valence-corrected chi connectivity index (χ3v) is 6.22. The molecule has 1 fully saturated rings. The van der Waals surface area contributed by atoms with E-state index in [4.69, 9.17) is 9.84 Å². The Morgan fingerprint density at radius 1 is 1.13 bits per heavy atom. The van der Waals surface area contributed by atoms with Crippen LogP contribution in [-0.2, 0) is 16.0 Å². The highest BCUT2D eigenvalue weighted by Crippen LogP contribution is 2.34. The molecule has 2 aromatic carbocycles. The summed E-state index contributed by atoms with van der Waals surface area (Å²) in [5, 5.41) is 11.5. The number of carbonyl (C=O) groups excluding carboxylic acids is 2. The van der Waals surface area contributed by atoms with Gasteiger partial charge in [0.2, 0.25) is 17.5 Å². The molecular weight excluding hydrogens is 503 g/mol. The Labute approximate surface area is 216 Å². The van der Waals surface area contributed by atoms with Crippen molar-refractivity contribution >= 4 is 34.4 Å². The first-order chi connectivity index (χ1) is 17.8. The van der Waals surface area contributed by atoms with E-state index in [0.717, 1.165) is 19.2 Å². The van der Waals surface area contributed by atoms with Crippen LogP contribution in [0.3, 0.4) is 0 Å². The van der Waals surface area contributed by atoms with Gasteiger partial charge < -0.3 is 20.1 Å². The predicted octanol–water partition coefficient (Wildman–Crippen LogP) is 4.48. The van der Waals surface area contributed by atoms with Crippen molar-refractivity contribution in [3.63, 3.8) is 0 Å². The summed E-state index contributed by atoms with van der Waals surface area (Å²) < 4.78 is 46.8. The van der Waals surface area contributed by atoms with Crippen LogP contribution in [0.15, 0.2) is 54.6 Å². The second kappa shape index (κ2) is 10.3. The number of fused-ring (bicyclic) bond motifs is 2. The molecule has 0 aliphatic carbocycles. The van der Waals surface area contributed by atoms with Gasteiger partial charge in [0.25, 0.3) is 11.8 Å². The summed E-state index contributed by atoms with van der Waals surface area (Å²) in [6.45, 7) is 1.62. The Bertz CT molecular complexity index is 1390. The van der Waals surface area contributed by atoms with Crippen molar-refractivity contribution in [2.24, 2.45) is 0 Å². The van der Waals surface area contributed by atoms with Gasteiger partial charge in [0.05, 0.1) is 18.5 Å². The van der Waals surface area contributed by atoms with Gasteiger partial charge in [-0.1, -0.05) is 24.3 Å². The number of ether oxygens (including phenoxy) is 1. The predicted molar refractivity (Wildman–Crippen MR) is 133 cm³/mol. The first-order valence-corrected chi connectivity index (χ1v) is 11.9. The number of nitrogens with zero attached hydrogens (tertiary/aromatic N) is 2. The van der Waals surface area contributed by atoms with Crippen molar-refractivity contribution in [1.82, 2.24) is 9.88 Å². The number of para-hydroxylation sites is 1. The molecule has 0 saturated carbocycles. The number of halogens is 3. The lowest BCUT2D eigenvalue weighted by Crippen LogP contribution is -2.55. The Morgan fingerprint density at radius 3 is 2.55 bits per heavy atom. The maximum atomic E-state index is 14.6. The van der Waals surface area contributed by atoms with E-state index in [9.17, 15) is 27.6 Å². The zero-order valence-corrected chi connectivity index (χ0v) is 20.7. The summed E-state index contributed by atoms with van der Waals surface area (Å²) in [5.74, 6) is -5.01. The molecule has 0 spiro atoms. The molecule has 0 bridgehead atoms. The van der Waals surface area contributed by atoms with Crippen molar-refractivity contribution in [2.75, 3.05) is 18.4 Å². The molecule has 38 heavy (non-hydrogen) atoms. The topological polar surface area (TPSA) is 109 Å². The fourth-order valence-electron chi connectivity index (χ4n) is 4.06. The highest BCUT2D eigenvalue weighted by Gasteiger charge is 2.47. The van der Waals surface area contributed by atoms with Crippen LogP contribution in [0.2, 0.25) is 0 Å². The molecular formula is C27H26F3N3O5. The molecule has 3 aromatic rings. The van der Waals surface area contributed by atoms with E-state index in [2.05, 4.69) is 10.3 Å². The van der Waals surface area contributed by atoms with Crippen LogP contribution in [0, 0.1) is 0 Å². The van der Waals surface area contributed by atoms with Crippen LogP contribution < -0.4 is 10.1 Å². The van der Waals surface area contributed by atoms with E-state index in [1.807, 2.05) is 18.2 Å². The zero-order chi connectivity index (χ0) is 27.7. The minimum Gasteiger partial charge on any atom is -0.479 e.